The van der Waals surface area contributed by atoms with Gasteiger partial charge in [0.25, 0.3) is 5.91 Å². The molecule has 0 spiro atoms. The van der Waals surface area contributed by atoms with Crippen molar-refractivity contribution in [2.75, 3.05) is 18.5 Å². The lowest BCUT2D eigenvalue weighted by atomic mass is 10.1. The van der Waals surface area contributed by atoms with E-state index in [0.717, 1.165) is 5.56 Å². The number of azide groups is 1. The van der Waals surface area contributed by atoms with Crippen LogP contribution >= 0.6 is 0 Å². The molecule has 6 heteroatoms. The largest absolute Gasteiger partial charge is 0.482 e. The first-order valence-electron chi connectivity index (χ1n) is 5.03. The average molecular weight is 230 g/mol. The molecule has 6 nitrogen and oxygen atoms in total. The van der Waals surface area contributed by atoms with E-state index in [1.165, 1.54) is 0 Å². The number of anilines is 1. The number of fused-ring (bicyclic) bond motifs is 1. The van der Waals surface area contributed by atoms with Crippen LogP contribution in [0, 0.1) is 0 Å². The fourth-order valence-corrected chi connectivity index (χ4v) is 1.47. The zero-order chi connectivity index (χ0) is 12.1. The minimum atomic E-state index is -0.149. The summed E-state index contributed by atoms with van der Waals surface area (Å²) >= 11 is 0. The third kappa shape index (κ3) is 2.76. The van der Waals surface area contributed by atoms with Crippen molar-refractivity contribution in [3.8, 4) is 5.75 Å². The number of ether oxygens (including phenoxy) is 1. The number of nitrogens with one attached hydrogen (secondary N) is 1. The van der Waals surface area contributed by atoms with Gasteiger partial charge in [-0.15, -0.1) is 0 Å². The number of carbonyl (C=O) groups excluding carboxylic acids is 1. The lowest BCUT2D eigenvalue weighted by molar-refractivity contribution is -0.118. The number of amides is 1. The normalized spacial score (nSPS) is 13.5. The van der Waals surface area contributed by atoms with Crippen LogP contribution in [-0.4, -0.2) is 19.1 Å². The summed E-state index contributed by atoms with van der Waals surface area (Å²) in [6.07, 6.45) is 3.58. The van der Waals surface area contributed by atoms with Gasteiger partial charge < -0.3 is 10.1 Å². The molecule has 0 bridgehead atoms. The molecule has 86 valence electrons. The van der Waals surface area contributed by atoms with Crippen molar-refractivity contribution in [1.29, 1.82) is 0 Å². The molecule has 1 aromatic carbocycles. The van der Waals surface area contributed by atoms with Crippen LogP contribution < -0.4 is 10.1 Å². The van der Waals surface area contributed by atoms with Crippen molar-refractivity contribution < 1.29 is 9.53 Å². The van der Waals surface area contributed by atoms with Gasteiger partial charge in [-0.2, -0.15) is 0 Å². The topological polar surface area (TPSA) is 87.1 Å². The van der Waals surface area contributed by atoms with Gasteiger partial charge in [0, 0.05) is 11.5 Å². The SMILES string of the molecule is [N-]=[N+]=NCC=Cc1ccc2c(c1)OCC(=O)N2. The standard InChI is InChI=1S/C11H10N4O2/c12-15-13-5-1-2-8-3-4-9-10(6-8)17-7-11(16)14-9/h1-4,6H,5,7H2,(H,14,16). The fourth-order valence-electron chi connectivity index (χ4n) is 1.47. The molecule has 0 saturated heterocycles. The monoisotopic (exact) mass is 230 g/mol. The maximum absolute atomic E-state index is 11.1. The minimum absolute atomic E-state index is 0.0406. The molecule has 2 rings (SSSR count). The van der Waals surface area contributed by atoms with E-state index in [9.17, 15) is 4.79 Å². The summed E-state index contributed by atoms with van der Waals surface area (Å²) in [7, 11) is 0. The van der Waals surface area contributed by atoms with E-state index in [0.29, 0.717) is 18.0 Å². The molecule has 0 saturated carbocycles. The highest BCUT2D eigenvalue weighted by atomic mass is 16.5. The van der Waals surface area contributed by atoms with Gasteiger partial charge in [-0.05, 0) is 23.2 Å². The summed E-state index contributed by atoms with van der Waals surface area (Å²) in [5.74, 6) is 0.500. The second kappa shape index (κ2) is 5.05. The molecule has 1 aliphatic rings. The van der Waals surface area contributed by atoms with Crippen molar-refractivity contribution in [2.45, 2.75) is 0 Å². The Hall–Kier alpha value is -2.46. The van der Waals surface area contributed by atoms with E-state index in [2.05, 4.69) is 15.3 Å². The summed E-state index contributed by atoms with van der Waals surface area (Å²) in [5, 5.41) is 6.10. The van der Waals surface area contributed by atoms with Gasteiger partial charge in [0.15, 0.2) is 6.61 Å². The molecule has 17 heavy (non-hydrogen) atoms. The quantitative estimate of drug-likeness (QED) is 0.490. The Kier molecular flexibility index (Phi) is 3.28. The van der Waals surface area contributed by atoms with E-state index in [4.69, 9.17) is 10.3 Å². The molecule has 0 atom stereocenters. The number of hydrogen-bond acceptors (Lipinski definition) is 3. The van der Waals surface area contributed by atoms with E-state index < -0.39 is 0 Å². The van der Waals surface area contributed by atoms with E-state index in [1.54, 1.807) is 12.1 Å². The Balaban J connectivity index is 2.13. The third-order valence-electron chi connectivity index (χ3n) is 2.20. The predicted octanol–water partition coefficient (Wildman–Crippen LogP) is 2.34. The van der Waals surface area contributed by atoms with Crippen LogP contribution in [0.1, 0.15) is 5.56 Å². The number of rotatable bonds is 3. The maximum atomic E-state index is 11.1. The lowest BCUT2D eigenvalue weighted by Crippen LogP contribution is -2.25. The Morgan fingerprint density at radius 1 is 1.59 bits per heavy atom. The first-order chi connectivity index (χ1) is 8.29. The first kappa shape index (κ1) is 11.0. The van der Waals surface area contributed by atoms with Crippen LogP contribution in [0.4, 0.5) is 5.69 Å². The Morgan fingerprint density at radius 3 is 3.29 bits per heavy atom. The molecule has 0 radical (unpaired) electrons. The third-order valence-corrected chi connectivity index (χ3v) is 2.20. The number of hydrogen-bond donors (Lipinski definition) is 1. The van der Waals surface area contributed by atoms with Crippen LogP contribution in [-0.2, 0) is 4.79 Å². The second-order valence-corrected chi connectivity index (χ2v) is 3.41. The summed E-state index contributed by atoms with van der Waals surface area (Å²) in [6.45, 7) is 0.351. The summed E-state index contributed by atoms with van der Waals surface area (Å²) in [4.78, 5) is 13.7. The van der Waals surface area contributed by atoms with Crippen molar-refractivity contribution in [3.05, 3.63) is 40.3 Å². The lowest BCUT2D eigenvalue weighted by Gasteiger charge is -2.17. The van der Waals surface area contributed by atoms with Crippen LogP contribution in [0.25, 0.3) is 16.5 Å². The summed E-state index contributed by atoms with van der Waals surface area (Å²) < 4.78 is 5.28. The smallest absolute Gasteiger partial charge is 0.262 e. The molecule has 1 aliphatic heterocycles. The molecule has 0 unspecified atom stereocenters. The van der Waals surface area contributed by atoms with E-state index >= 15 is 0 Å². The van der Waals surface area contributed by atoms with Gasteiger partial charge in [0.05, 0.1) is 5.69 Å². The Labute approximate surface area is 97.5 Å². The van der Waals surface area contributed by atoms with Crippen molar-refractivity contribution >= 4 is 17.7 Å². The highest BCUT2D eigenvalue weighted by Crippen LogP contribution is 2.28. The van der Waals surface area contributed by atoms with Crippen molar-refractivity contribution in [2.24, 2.45) is 5.11 Å². The van der Waals surface area contributed by atoms with Gasteiger partial charge in [0.1, 0.15) is 5.75 Å². The number of carbonyl (C=O) groups is 1. The van der Waals surface area contributed by atoms with Crippen LogP contribution in [0.3, 0.4) is 0 Å². The molecular weight excluding hydrogens is 220 g/mol. The molecular formula is C11H10N4O2. The molecule has 0 aromatic heterocycles. The van der Waals surface area contributed by atoms with Crippen molar-refractivity contribution in [3.63, 3.8) is 0 Å². The van der Waals surface area contributed by atoms with E-state index in [-0.39, 0.29) is 12.5 Å². The Bertz CT molecular complexity index is 518. The van der Waals surface area contributed by atoms with Gasteiger partial charge in [0.2, 0.25) is 0 Å². The maximum Gasteiger partial charge on any atom is 0.262 e. The molecule has 0 aliphatic carbocycles. The first-order valence-corrected chi connectivity index (χ1v) is 5.03. The van der Waals surface area contributed by atoms with Crippen LogP contribution in [0.5, 0.6) is 5.75 Å². The van der Waals surface area contributed by atoms with Gasteiger partial charge >= 0.3 is 0 Å². The molecule has 1 N–H and O–H groups in total. The zero-order valence-electron chi connectivity index (χ0n) is 8.96. The molecule has 0 fully saturated rings. The molecule has 1 amide bonds. The summed E-state index contributed by atoms with van der Waals surface area (Å²) in [5.41, 5.74) is 9.71. The minimum Gasteiger partial charge on any atom is -0.482 e. The van der Waals surface area contributed by atoms with Crippen LogP contribution in [0.15, 0.2) is 29.4 Å². The zero-order valence-corrected chi connectivity index (χ0v) is 8.96. The number of nitrogens with zero attached hydrogens (tertiary/aromatic N) is 3. The molecule has 1 aromatic rings. The highest BCUT2D eigenvalue weighted by molar-refractivity contribution is 5.95. The number of benzene rings is 1. The Morgan fingerprint density at radius 2 is 2.47 bits per heavy atom. The highest BCUT2D eigenvalue weighted by Gasteiger charge is 2.15. The van der Waals surface area contributed by atoms with Gasteiger partial charge in [-0.1, -0.05) is 23.3 Å². The molecule has 1 heterocycles. The van der Waals surface area contributed by atoms with Crippen molar-refractivity contribution in [1.82, 2.24) is 0 Å². The van der Waals surface area contributed by atoms with Gasteiger partial charge in [-0.25, -0.2) is 0 Å². The predicted molar refractivity (Wildman–Crippen MR) is 63.6 cm³/mol. The van der Waals surface area contributed by atoms with Crippen LogP contribution in [0.2, 0.25) is 0 Å². The summed E-state index contributed by atoms with van der Waals surface area (Å²) in [6, 6.07) is 5.45. The average Bonchev–Trinajstić information content (AvgIpc) is 2.35. The van der Waals surface area contributed by atoms with E-state index in [1.807, 2.05) is 18.2 Å². The van der Waals surface area contributed by atoms with Gasteiger partial charge in [-0.3, -0.25) is 4.79 Å². The fraction of sp³-hybridized carbons (Fsp3) is 0.182. The second-order valence-electron chi connectivity index (χ2n) is 3.41.